The van der Waals surface area contributed by atoms with Gasteiger partial charge in [0.2, 0.25) is 0 Å². The van der Waals surface area contributed by atoms with Gasteiger partial charge in [0.05, 0.1) is 6.33 Å². The van der Waals surface area contributed by atoms with Crippen LogP contribution in [0.25, 0.3) is 0 Å². The van der Waals surface area contributed by atoms with Gasteiger partial charge in [-0.1, -0.05) is 0 Å². The van der Waals surface area contributed by atoms with E-state index >= 15 is 0 Å². The van der Waals surface area contributed by atoms with Gasteiger partial charge in [0.15, 0.2) is 0 Å². The number of rotatable bonds is 1. The van der Waals surface area contributed by atoms with Crippen molar-refractivity contribution in [1.29, 1.82) is 0 Å². The van der Waals surface area contributed by atoms with Crippen molar-refractivity contribution in [2.75, 3.05) is 0 Å². The lowest BCUT2D eigenvalue weighted by atomic mass is 10.3. The molecule has 1 rings (SSSR count). The molecule has 0 bridgehead atoms. The molecule has 0 saturated heterocycles. The fraction of sp³-hybridized carbons (Fsp3) is 0.200. The zero-order valence-corrected chi connectivity index (χ0v) is 4.84. The first-order valence-corrected chi connectivity index (χ1v) is 2.52. The lowest BCUT2D eigenvalue weighted by Crippen LogP contribution is -2.12. The molecule has 1 heterocycles. The predicted molar refractivity (Wildman–Crippen MR) is 29.8 cm³/mol. The van der Waals surface area contributed by atoms with E-state index in [0.717, 1.165) is 12.5 Å². The number of hydrogen-bond acceptors (Lipinski definition) is 2. The van der Waals surface area contributed by atoms with Crippen molar-refractivity contribution < 1.29 is 8.78 Å². The molecule has 5 heteroatoms. The van der Waals surface area contributed by atoms with Crippen molar-refractivity contribution in [2.24, 2.45) is 0 Å². The summed E-state index contributed by atoms with van der Waals surface area (Å²) in [4.78, 5) is 15.9. The minimum Gasteiger partial charge on any atom is -0.313 e. The van der Waals surface area contributed by atoms with Crippen LogP contribution >= 0.6 is 0 Å². The highest BCUT2D eigenvalue weighted by molar-refractivity contribution is 5.03. The van der Waals surface area contributed by atoms with Gasteiger partial charge >= 0.3 is 0 Å². The van der Waals surface area contributed by atoms with Crippen LogP contribution in [0.1, 0.15) is 12.0 Å². The van der Waals surface area contributed by atoms with Gasteiger partial charge in [-0.25, -0.2) is 13.8 Å². The van der Waals surface area contributed by atoms with Gasteiger partial charge in [0.25, 0.3) is 12.0 Å². The first-order valence-electron chi connectivity index (χ1n) is 2.52. The minimum absolute atomic E-state index is 0.595. The molecule has 0 saturated carbocycles. The highest BCUT2D eigenvalue weighted by atomic mass is 19.3. The quantitative estimate of drug-likeness (QED) is 0.634. The molecule has 10 heavy (non-hydrogen) atoms. The second-order valence-corrected chi connectivity index (χ2v) is 1.64. The number of hydrogen-bond donors (Lipinski definition) is 1. The van der Waals surface area contributed by atoms with Crippen LogP contribution in [0.5, 0.6) is 0 Å². The maximum atomic E-state index is 11.8. The van der Waals surface area contributed by atoms with Crippen molar-refractivity contribution in [1.82, 2.24) is 9.97 Å². The van der Waals surface area contributed by atoms with Crippen molar-refractivity contribution >= 4 is 0 Å². The lowest BCUT2D eigenvalue weighted by molar-refractivity contribution is 0.149. The Labute approximate surface area is 54.7 Å². The van der Waals surface area contributed by atoms with Crippen molar-refractivity contribution in [3.63, 3.8) is 0 Å². The van der Waals surface area contributed by atoms with Gasteiger partial charge in [-0.05, 0) is 0 Å². The van der Waals surface area contributed by atoms with Crippen LogP contribution < -0.4 is 5.56 Å². The molecular weight excluding hydrogens is 142 g/mol. The first-order chi connectivity index (χ1) is 4.72. The molecule has 0 fully saturated rings. The largest absolute Gasteiger partial charge is 0.313 e. The summed E-state index contributed by atoms with van der Waals surface area (Å²) in [6, 6.07) is 0. The first kappa shape index (κ1) is 6.85. The predicted octanol–water partition coefficient (Wildman–Crippen LogP) is 0.708. The summed E-state index contributed by atoms with van der Waals surface area (Å²) in [5.41, 5.74) is -1.38. The molecule has 0 spiro atoms. The second-order valence-electron chi connectivity index (χ2n) is 1.64. The molecule has 1 N–H and O–H groups in total. The topological polar surface area (TPSA) is 45.8 Å². The van der Waals surface area contributed by atoms with Crippen LogP contribution in [0.4, 0.5) is 8.78 Å². The third-order valence-electron chi connectivity index (χ3n) is 0.981. The van der Waals surface area contributed by atoms with Crippen molar-refractivity contribution in [3.8, 4) is 0 Å². The average Bonchev–Trinajstić information content (AvgIpc) is 1.88. The molecular formula is C5H4F2N2O. The summed E-state index contributed by atoms with van der Waals surface area (Å²) in [6.07, 6.45) is -0.838. The average molecular weight is 146 g/mol. The summed E-state index contributed by atoms with van der Waals surface area (Å²) in [5, 5.41) is 0. The molecule has 0 atom stereocenters. The Bertz CT molecular complexity index is 270. The molecule has 54 valence electrons. The molecule has 1 aromatic heterocycles. The zero-order valence-electron chi connectivity index (χ0n) is 4.84. The van der Waals surface area contributed by atoms with E-state index in [1.165, 1.54) is 0 Å². The molecule has 0 aliphatic rings. The van der Waals surface area contributed by atoms with Crippen LogP contribution in [0, 0.1) is 0 Å². The van der Waals surface area contributed by atoms with Crippen LogP contribution in [0.2, 0.25) is 0 Å². The number of halogens is 2. The van der Waals surface area contributed by atoms with E-state index in [4.69, 9.17) is 0 Å². The standard InChI is InChI=1S/C5H4F2N2O/c6-4(7)3-1-8-2-9-5(3)10/h1-2,4H,(H,8,9,10). The van der Waals surface area contributed by atoms with E-state index in [0.29, 0.717) is 0 Å². The Morgan fingerprint density at radius 2 is 2.30 bits per heavy atom. The minimum atomic E-state index is -2.75. The molecule has 0 radical (unpaired) electrons. The Morgan fingerprint density at radius 1 is 1.60 bits per heavy atom. The normalized spacial score (nSPS) is 10.3. The van der Waals surface area contributed by atoms with Crippen LogP contribution in [0.3, 0.4) is 0 Å². The van der Waals surface area contributed by atoms with Gasteiger partial charge in [-0.2, -0.15) is 0 Å². The van der Waals surface area contributed by atoms with E-state index in [9.17, 15) is 13.6 Å². The number of aromatic nitrogens is 2. The van der Waals surface area contributed by atoms with E-state index in [1.807, 2.05) is 4.98 Å². The Hall–Kier alpha value is -1.26. The Kier molecular flexibility index (Phi) is 1.75. The molecule has 0 aliphatic heterocycles. The number of nitrogens with zero attached hydrogens (tertiary/aromatic N) is 1. The summed E-state index contributed by atoms with van der Waals surface area (Å²) >= 11 is 0. The maximum Gasteiger partial charge on any atom is 0.270 e. The lowest BCUT2D eigenvalue weighted by Gasteiger charge is -1.93. The van der Waals surface area contributed by atoms with Gasteiger partial charge in [-0.15, -0.1) is 0 Å². The van der Waals surface area contributed by atoms with Gasteiger partial charge in [0, 0.05) is 6.20 Å². The third-order valence-corrected chi connectivity index (χ3v) is 0.981. The SMILES string of the molecule is O=c1[nH]cncc1C(F)F. The summed E-state index contributed by atoms with van der Waals surface area (Å²) in [6.45, 7) is 0. The highest BCUT2D eigenvalue weighted by Gasteiger charge is 2.10. The fourth-order valence-corrected chi connectivity index (χ4v) is 0.511. The van der Waals surface area contributed by atoms with E-state index in [1.54, 1.807) is 0 Å². The maximum absolute atomic E-state index is 11.8. The van der Waals surface area contributed by atoms with Crippen LogP contribution in [-0.2, 0) is 0 Å². The van der Waals surface area contributed by atoms with Gasteiger partial charge in [0.1, 0.15) is 5.56 Å². The Balaban J connectivity index is 3.16. The second kappa shape index (κ2) is 2.55. The molecule has 0 aromatic carbocycles. The molecule has 0 aliphatic carbocycles. The summed E-state index contributed by atoms with van der Waals surface area (Å²) in [5.74, 6) is 0. The highest BCUT2D eigenvalue weighted by Crippen LogP contribution is 2.11. The van der Waals surface area contributed by atoms with Gasteiger partial charge in [-0.3, -0.25) is 4.79 Å². The summed E-state index contributed by atoms with van der Waals surface area (Å²) in [7, 11) is 0. The zero-order chi connectivity index (χ0) is 7.56. The van der Waals surface area contributed by atoms with Crippen molar-refractivity contribution in [2.45, 2.75) is 6.43 Å². The number of H-pyrrole nitrogens is 1. The molecule has 0 amide bonds. The number of aromatic amines is 1. The number of nitrogens with one attached hydrogen (secondary N) is 1. The van der Waals surface area contributed by atoms with Gasteiger partial charge < -0.3 is 4.98 Å². The van der Waals surface area contributed by atoms with Crippen molar-refractivity contribution in [3.05, 3.63) is 28.4 Å². The van der Waals surface area contributed by atoms with E-state index in [2.05, 4.69) is 4.98 Å². The summed E-state index contributed by atoms with van der Waals surface area (Å²) < 4.78 is 23.5. The smallest absolute Gasteiger partial charge is 0.270 e. The molecule has 3 nitrogen and oxygen atoms in total. The fourth-order valence-electron chi connectivity index (χ4n) is 0.511. The Morgan fingerprint density at radius 3 is 2.70 bits per heavy atom. The molecule has 0 unspecified atom stereocenters. The van der Waals surface area contributed by atoms with Crippen LogP contribution in [0.15, 0.2) is 17.3 Å². The molecule has 1 aromatic rings. The van der Waals surface area contributed by atoms with Crippen LogP contribution in [-0.4, -0.2) is 9.97 Å². The number of alkyl halides is 2. The monoisotopic (exact) mass is 146 g/mol. The third kappa shape index (κ3) is 1.18. The van der Waals surface area contributed by atoms with E-state index in [-0.39, 0.29) is 0 Å². The van der Waals surface area contributed by atoms with E-state index < -0.39 is 17.5 Å².